The Morgan fingerprint density at radius 3 is 2.67 bits per heavy atom. The molecule has 0 radical (unpaired) electrons. The number of hydrogen-bond donors (Lipinski definition) is 1. The molecular weight excluding hydrogens is 234 g/mol. The van der Waals surface area contributed by atoms with Crippen LogP contribution in [-0.4, -0.2) is 73.1 Å². The van der Waals surface area contributed by atoms with E-state index >= 15 is 0 Å². The van der Waals surface area contributed by atoms with Gasteiger partial charge in [0, 0.05) is 26.2 Å². The second-order valence-corrected chi connectivity index (χ2v) is 5.05. The normalized spacial score (nSPS) is 29.6. The Bertz CT molecular complexity index is 325. The third-order valence-corrected chi connectivity index (χ3v) is 3.29. The van der Waals surface area contributed by atoms with Crippen molar-refractivity contribution in [3.63, 3.8) is 0 Å². The van der Waals surface area contributed by atoms with Gasteiger partial charge in [0.25, 0.3) is 0 Å². The SMILES string of the molecule is C[C@H]1CN(C(=O)CN2CCNCC2=O)C[C@H](C)O1. The number of carbonyl (C=O) groups is 2. The molecule has 2 amide bonds. The molecular formula is C12H21N3O3. The standard InChI is InChI=1S/C12H21N3O3/c1-9-6-15(7-10(2)18-9)12(17)8-14-4-3-13-5-11(14)16/h9-10,13H,3-8H2,1-2H3/t9-,10-/m0/s1. The molecule has 2 fully saturated rings. The van der Waals surface area contributed by atoms with Crippen molar-refractivity contribution < 1.29 is 14.3 Å². The van der Waals surface area contributed by atoms with Gasteiger partial charge in [0.05, 0.1) is 25.3 Å². The molecule has 1 N–H and O–H groups in total. The van der Waals surface area contributed by atoms with Crippen LogP contribution in [0, 0.1) is 0 Å². The lowest BCUT2D eigenvalue weighted by atomic mass is 10.2. The van der Waals surface area contributed by atoms with E-state index in [0.717, 1.165) is 6.54 Å². The molecule has 2 aliphatic rings. The van der Waals surface area contributed by atoms with Crippen LogP contribution in [0.25, 0.3) is 0 Å². The van der Waals surface area contributed by atoms with E-state index in [1.807, 2.05) is 13.8 Å². The molecule has 0 aromatic heterocycles. The number of rotatable bonds is 2. The van der Waals surface area contributed by atoms with Crippen LogP contribution in [0.4, 0.5) is 0 Å². The minimum absolute atomic E-state index is 0.00366. The van der Waals surface area contributed by atoms with E-state index in [-0.39, 0.29) is 30.6 Å². The van der Waals surface area contributed by atoms with E-state index in [4.69, 9.17) is 4.74 Å². The zero-order valence-electron chi connectivity index (χ0n) is 11.0. The zero-order valence-corrected chi connectivity index (χ0v) is 11.0. The summed E-state index contributed by atoms with van der Waals surface area (Å²) in [5, 5.41) is 3.00. The summed E-state index contributed by atoms with van der Waals surface area (Å²) < 4.78 is 5.59. The maximum atomic E-state index is 12.2. The van der Waals surface area contributed by atoms with E-state index in [2.05, 4.69) is 5.32 Å². The van der Waals surface area contributed by atoms with Gasteiger partial charge in [-0.2, -0.15) is 0 Å². The van der Waals surface area contributed by atoms with Gasteiger partial charge in [-0.05, 0) is 13.8 Å². The van der Waals surface area contributed by atoms with Gasteiger partial charge in [-0.25, -0.2) is 0 Å². The highest BCUT2D eigenvalue weighted by Gasteiger charge is 2.28. The molecule has 0 saturated carbocycles. The number of nitrogens with zero attached hydrogens (tertiary/aromatic N) is 2. The molecule has 2 saturated heterocycles. The maximum Gasteiger partial charge on any atom is 0.242 e. The van der Waals surface area contributed by atoms with Gasteiger partial charge in [-0.1, -0.05) is 0 Å². The molecule has 0 aromatic rings. The molecule has 6 nitrogen and oxygen atoms in total. The Morgan fingerprint density at radius 1 is 1.39 bits per heavy atom. The number of morpholine rings is 1. The predicted molar refractivity (Wildman–Crippen MR) is 66.0 cm³/mol. The summed E-state index contributed by atoms with van der Waals surface area (Å²) in [6.07, 6.45) is 0.132. The van der Waals surface area contributed by atoms with Gasteiger partial charge >= 0.3 is 0 Å². The van der Waals surface area contributed by atoms with Crippen molar-refractivity contribution in [3.8, 4) is 0 Å². The highest BCUT2D eigenvalue weighted by atomic mass is 16.5. The summed E-state index contributed by atoms with van der Waals surface area (Å²) in [6.45, 7) is 7.06. The fourth-order valence-corrected chi connectivity index (χ4v) is 2.46. The summed E-state index contributed by atoms with van der Waals surface area (Å²) in [5.74, 6) is 0.0243. The van der Waals surface area contributed by atoms with Crippen molar-refractivity contribution >= 4 is 11.8 Å². The van der Waals surface area contributed by atoms with Crippen molar-refractivity contribution in [2.24, 2.45) is 0 Å². The fraction of sp³-hybridized carbons (Fsp3) is 0.833. The number of carbonyl (C=O) groups excluding carboxylic acids is 2. The van der Waals surface area contributed by atoms with Gasteiger partial charge in [-0.3, -0.25) is 9.59 Å². The highest BCUT2D eigenvalue weighted by molar-refractivity contribution is 5.86. The van der Waals surface area contributed by atoms with Crippen molar-refractivity contribution in [3.05, 3.63) is 0 Å². The molecule has 2 heterocycles. The second kappa shape index (κ2) is 5.67. The van der Waals surface area contributed by atoms with E-state index in [0.29, 0.717) is 26.2 Å². The Hall–Kier alpha value is -1.14. The first-order valence-corrected chi connectivity index (χ1v) is 6.48. The first kappa shape index (κ1) is 13.3. The number of amides is 2. The average Bonchev–Trinajstić information content (AvgIpc) is 2.31. The third kappa shape index (κ3) is 3.20. The first-order valence-electron chi connectivity index (χ1n) is 6.48. The highest BCUT2D eigenvalue weighted by Crippen LogP contribution is 2.11. The van der Waals surface area contributed by atoms with Crippen LogP contribution in [0.15, 0.2) is 0 Å². The van der Waals surface area contributed by atoms with Crippen molar-refractivity contribution in [1.82, 2.24) is 15.1 Å². The number of nitrogens with one attached hydrogen (secondary N) is 1. The lowest BCUT2D eigenvalue weighted by Gasteiger charge is -2.37. The predicted octanol–water partition coefficient (Wildman–Crippen LogP) is -0.946. The Kier molecular flexibility index (Phi) is 4.19. The summed E-state index contributed by atoms with van der Waals surface area (Å²) in [7, 11) is 0. The molecule has 102 valence electrons. The topological polar surface area (TPSA) is 61.9 Å². The van der Waals surface area contributed by atoms with Gasteiger partial charge in [0.2, 0.25) is 11.8 Å². The molecule has 0 aromatic carbocycles. The van der Waals surface area contributed by atoms with Crippen LogP contribution in [0.5, 0.6) is 0 Å². The van der Waals surface area contributed by atoms with Crippen LogP contribution in [0.2, 0.25) is 0 Å². The van der Waals surface area contributed by atoms with Gasteiger partial charge in [0.1, 0.15) is 0 Å². The van der Waals surface area contributed by atoms with Crippen LogP contribution < -0.4 is 5.32 Å². The lowest BCUT2D eigenvalue weighted by Crippen LogP contribution is -2.55. The van der Waals surface area contributed by atoms with Crippen molar-refractivity contribution in [2.45, 2.75) is 26.1 Å². The molecule has 0 unspecified atom stereocenters. The van der Waals surface area contributed by atoms with Gasteiger partial charge in [0.15, 0.2) is 0 Å². The minimum Gasteiger partial charge on any atom is -0.372 e. The summed E-state index contributed by atoms with van der Waals surface area (Å²) >= 11 is 0. The van der Waals surface area contributed by atoms with E-state index < -0.39 is 0 Å². The summed E-state index contributed by atoms with van der Waals surface area (Å²) in [4.78, 5) is 27.2. The second-order valence-electron chi connectivity index (χ2n) is 5.05. The van der Waals surface area contributed by atoms with Crippen LogP contribution >= 0.6 is 0 Å². The number of hydrogen-bond acceptors (Lipinski definition) is 4. The smallest absolute Gasteiger partial charge is 0.242 e. The Balaban J connectivity index is 1.88. The lowest BCUT2D eigenvalue weighted by molar-refractivity contribution is -0.148. The minimum atomic E-state index is 0.00366. The van der Waals surface area contributed by atoms with Crippen LogP contribution in [-0.2, 0) is 14.3 Å². The maximum absolute atomic E-state index is 12.2. The monoisotopic (exact) mass is 255 g/mol. The number of ether oxygens (including phenoxy) is 1. The fourth-order valence-electron chi connectivity index (χ4n) is 2.46. The molecule has 2 atom stereocenters. The molecule has 0 bridgehead atoms. The quantitative estimate of drug-likeness (QED) is 0.691. The Morgan fingerprint density at radius 2 is 2.06 bits per heavy atom. The molecule has 0 aliphatic carbocycles. The summed E-state index contributed by atoms with van der Waals surface area (Å²) in [5.41, 5.74) is 0. The molecule has 0 spiro atoms. The van der Waals surface area contributed by atoms with Crippen molar-refractivity contribution in [2.75, 3.05) is 39.3 Å². The van der Waals surface area contributed by atoms with Gasteiger partial charge in [-0.15, -0.1) is 0 Å². The van der Waals surface area contributed by atoms with E-state index in [9.17, 15) is 9.59 Å². The van der Waals surface area contributed by atoms with Crippen molar-refractivity contribution in [1.29, 1.82) is 0 Å². The van der Waals surface area contributed by atoms with E-state index in [1.165, 1.54) is 0 Å². The first-order chi connectivity index (χ1) is 8.56. The molecule has 2 aliphatic heterocycles. The third-order valence-electron chi connectivity index (χ3n) is 3.29. The van der Waals surface area contributed by atoms with Crippen LogP contribution in [0.1, 0.15) is 13.8 Å². The zero-order chi connectivity index (χ0) is 13.1. The largest absolute Gasteiger partial charge is 0.372 e. The number of piperazine rings is 1. The molecule has 6 heteroatoms. The van der Waals surface area contributed by atoms with E-state index in [1.54, 1.807) is 9.80 Å². The Labute approximate surface area is 107 Å². The molecule has 2 rings (SSSR count). The van der Waals surface area contributed by atoms with Gasteiger partial charge < -0.3 is 19.9 Å². The van der Waals surface area contributed by atoms with Crippen LogP contribution in [0.3, 0.4) is 0 Å². The summed E-state index contributed by atoms with van der Waals surface area (Å²) in [6, 6.07) is 0. The molecule has 18 heavy (non-hydrogen) atoms. The average molecular weight is 255 g/mol.